The number of carbonyl (C=O) groups is 1. The number of benzene rings is 1. The van der Waals surface area contributed by atoms with Gasteiger partial charge in [0.2, 0.25) is 0 Å². The molecule has 0 heterocycles. The van der Waals surface area contributed by atoms with E-state index in [1.165, 1.54) is 20.0 Å². The van der Waals surface area contributed by atoms with Gasteiger partial charge in [0.15, 0.2) is 5.96 Å². The number of nitrogens with two attached hydrogens (primary N) is 1. The van der Waals surface area contributed by atoms with Crippen LogP contribution in [-0.2, 0) is 6.18 Å². The fourth-order valence-corrected chi connectivity index (χ4v) is 1.72. The van der Waals surface area contributed by atoms with Crippen LogP contribution in [0.5, 0.6) is 0 Å². The van der Waals surface area contributed by atoms with Gasteiger partial charge in [-0.25, -0.2) is 4.79 Å². The van der Waals surface area contributed by atoms with E-state index < -0.39 is 17.8 Å². The van der Waals surface area contributed by atoms with E-state index >= 15 is 0 Å². The number of urea groups is 1. The van der Waals surface area contributed by atoms with Gasteiger partial charge in [0.05, 0.1) is 11.3 Å². The predicted octanol–water partition coefficient (Wildman–Crippen LogP) is 2.73. The summed E-state index contributed by atoms with van der Waals surface area (Å²) in [5.74, 6) is -0.220. The number of aryl methyl sites for hydroxylation is 1. The molecule has 0 bridgehead atoms. The molecule has 1 aromatic carbocycles. The third-order valence-electron chi connectivity index (χ3n) is 2.33. The molecule has 1 rings (SSSR count). The zero-order valence-electron chi connectivity index (χ0n) is 10.6. The fourth-order valence-electron chi connectivity index (χ4n) is 1.45. The van der Waals surface area contributed by atoms with Crippen molar-refractivity contribution in [1.82, 2.24) is 5.32 Å². The number of carbonyl (C=O) groups excluding carboxylic acids is 1. The minimum absolute atomic E-state index is 0.0737. The molecular formula is C11H12ClF3N4O. The first-order chi connectivity index (χ1) is 9.15. The lowest BCUT2D eigenvalue weighted by Gasteiger charge is -2.17. The highest BCUT2D eigenvalue weighted by Gasteiger charge is 2.35. The van der Waals surface area contributed by atoms with Gasteiger partial charge >= 0.3 is 12.2 Å². The molecule has 20 heavy (non-hydrogen) atoms. The average Bonchev–Trinajstić information content (AvgIpc) is 2.30. The van der Waals surface area contributed by atoms with Crippen molar-refractivity contribution in [2.75, 3.05) is 12.4 Å². The number of alkyl halides is 3. The molecule has 1 aromatic rings. The molecule has 0 aliphatic rings. The van der Waals surface area contributed by atoms with Crippen LogP contribution in [0.1, 0.15) is 11.1 Å². The second-order valence-electron chi connectivity index (χ2n) is 3.83. The molecule has 5 nitrogen and oxygen atoms in total. The zero-order valence-corrected chi connectivity index (χ0v) is 11.4. The third-order valence-corrected chi connectivity index (χ3v) is 2.54. The smallest absolute Gasteiger partial charge is 0.370 e. The Hall–Kier alpha value is -1.96. The molecule has 0 atom stereocenters. The van der Waals surface area contributed by atoms with Crippen molar-refractivity contribution in [3.05, 3.63) is 28.3 Å². The molecule has 0 unspecified atom stereocenters. The highest BCUT2D eigenvalue weighted by atomic mass is 35.5. The van der Waals surface area contributed by atoms with Crippen LogP contribution in [0.15, 0.2) is 17.1 Å². The number of guanidine groups is 1. The van der Waals surface area contributed by atoms with Crippen LogP contribution in [0.25, 0.3) is 0 Å². The quantitative estimate of drug-likeness (QED) is 0.551. The van der Waals surface area contributed by atoms with Gasteiger partial charge in [-0.05, 0) is 24.6 Å². The highest BCUT2D eigenvalue weighted by Crippen LogP contribution is 2.38. The fraction of sp³-hybridized carbons (Fsp3) is 0.273. The molecule has 110 valence electrons. The van der Waals surface area contributed by atoms with Gasteiger partial charge in [0.1, 0.15) is 0 Å². The SMILES string of the molecule is CN=C(N)NC(=O)Nc1c(C)cc(Cl)cc1C(F)(F)F. The number of hydrogen-bond donors (Lipinski definition) is 3. The number of nitrogens with zero attached hydrogens (tertiary/aromatic N) is 1. The van der Waals surface area contributed by atoms with Crippen LogP contribution in [0.3, 0.4) is 0 Å². The summed E-state index contributed by atoms with van der Waals surface area (Å²) < 4.78 is 38.7. The largest absolute Gasteiger partial charge is 0.418 e. The maximum atomic E-state index is 12.9. The number of nitrogens with one attached hydrogen (secondary N) is 2. The predicted molar refractivity (Wildman–Crippen MR) is 70.9 cm³/mol. The minimum Gasteiger partial charge on any atom is -0.370 e. The van der Waals surface area contributed by atoms with E-state index in [1.54, 1.807) is 0 Å². The first-order valence-electron chi connectivity index (χ1n) is 5.32. The molecule has 0 radical (unpaired) electrons. The van der Waals surface area contributed by atoms with E-state index in [9.17, 15) is 18.0 Å². The summed E-state index contributed by atoms with van der Waals surface area (Å²) in [7, 11) is 1.32. The van der Waals surface area contributed by atoms with Gasteiger partial charge in [0, 0.05) is 12.1 Å². The number of amides is 2. The molecule has 0 aliphatic carbocycles. The summed E-state index contributed by atoms with van der Waals surface area (Å²) in [4.78, 5) is 15.0. The lowest BCUT2D eigenvalue weighted by molar-refractivity contribution is -0.136. The Labute approximate surface area is 118 Å². The average molecular weight is 309 g/mol. The second-order valence-corrected chi connectivity index (χ2v) is 4.27. The van der Waals surface area contributed by atoms with E-state index in [2.05, 4.69) is 15.6 Å². The standard InChI is InChI=1S/C11H12ClF3N4O/c1-5-3-6(12)4-7(11(13,14)15)8(5)18-10(20)19-9(16)17-2/h3-4H,1-2H3,(H4,16,17,18,19,20). The Morgan fingerprint density at radius 1 is 1.40 bits per heavy atom. The Bertz CT molecular complexity index is 557. The maximum Gasteiger partial charge on any atom is 0.418 e. The van der Waals surface area contributed by atoms with Crippen molar-refractivity contribution in [3.63, 3.8) is 0 Å². The Kier molecular flexibility index (Phi) is 4.83. The van der Waals surface area contributed by atoms with E-state index in [-0.39, 0.29) is 22.2 Å². The summed E-state index contributed by atoms with van der Waals surface area (Å²) in [6, 6.07) is 1.12. The molecule has 0 saturated heterocycles. The third kappa shape index (κ3) is 4.02. The van der Waals surface area contributed by atoms with Gasteiger partial charge < -0.3 is 11.1 Å². The Morgan fingerprint density at radius 3 is 2.50 bits per heavy atom. The van der Waals surface area contributed by atoms with E-state index in [4.69, 9.17) is 17.3 Å². The van der Waals surface area contributed by atoms with Crippen LogP contribution in [-0.4, -0.2) is 19.0 Å². The monoisotopic (exact) mass is 308 g/mol. The van der Waals surface area contributed by atoms with Crippen molar-refractivity contribution in [2.45, 2.75) is 13.1 Å². The van der Waals surface area contributed by atoms with Crippen molar-refractivity contribution >= 4 is 29.3 Å². The van der Waals surface area contributed by atoms with Crippen LogP contribution < -0.4 is 16.4 Å². The Morgan fingerprint density at radius 2 is 2.00 bits per heavy atom. The molecule has 0 fully saturated rings. The van der Waals surface area contributed by atoms with Crippen LogP contribution in [0, 0.1) is 6.92 Å². The van der Waals surface area contributed by atoms with Gasteiger partial charge in [0.25, 0.3) is 0 Å². The Balaban J connectivity index is 3.15. The highest BCUT2D eigenvalue weighted by molar-refractivity contribution is 6.30. The van der Waals surface area contributed by atoms with Crippen molar-refractivity contribution < 1.29 is 18.0 Å². The molecule has 0 saturated carbocycles. The first kappa shape index (κ1) is 16.1. The molecule has 0 aromatic heterocycles. The zero-order chi connectivity index (χ0) is 15.5. The van der Waals surface area contributed by atoms with E-state index in [0.717, 1.165) is 6.07 Å². The maximum absolute atomic E-state index is 12.9. The second kappa shape index (κ2) is 6.00. The van der Waals surface area contributed by atoms with Crippen molar-refractivity contribution in [3.8, 4) is 0 Å². The van der Waals surface area contributed by atoms with E-state index in [1.807, 2.05) is 0 Å². The van der Waals surface area contributed by atoms with Gasteiger partial charge in [-0.1, -0.05) is 11.6 Å². The molecule has 9 heteroatoms. The lowest BCUT2D eigenvalue weighted by atomic mass is 10.1. The van der Waals surface area contributed by atoms with Crippen molar-refractivity contribution in [2.24, 2.45) is 10.7 Å². The minimum atomic E-state index is -4.65. The number of anilines is 1. The molecule has 2 amide bonds. The lowest BCUT2D eigenvalue weighted by Crippen LogP contribution is -2.39. The summed E-state index contributed by atoms with van der Waals surface area (Å²) >= 11 is 5.60. The van der Waals surface area contributed by atoms with Crippen LogP contribution in [0.2, 0.25) is 5.02 Å². The topological polar surface area (TPSA) is 79.5 Å². The van der Waals surface area contributed by atoms with E-state index in [0.29, 0.717) is 0 Å². The number of aliphatic imine (C=N–C) groups is 1. The van der Waals surface area contributed by atoms with Crippen LogP contribution in [0.4, 0.5) is 23.7 Å². The van der Waals surface area contributed by atoms with Gasteiger partial charge in [-0.15, -0.1) is 0 Å². The summed E-state index contributed by atoms with van der Waals surface area (Å²) in [5, 5.41) is 4.09. The molecule has 0 aliphatic heterocycles. The van der Waals surface area contributed by atoms with Gasteiger partial charge in [-0.3, -0.25) is 10.3 Å². The normalized spacial score (nSPS) is 12.2. The summed E-state index contributed by atoms with van der Waals surface area (Å²) in [6.07, 6.45) is -4.65. The first-order valence-corrected chi connectivity index (χ1v) is 5.70. The van der Waals surface area contributed by atoms with Crippen molar-refractivity contribution in [1.29, 1.82) is 0 Å². The molecular weight excluding hydrogens is 297 g/mol. The number of rotatable bonds is 1. The van der Waals surface area contributed by atoms with Crippen LogP contribution >= 0.6 is 11.6 Å². The number of halogens is 4. The summed E-state index contributed by atoms with van der Waals surface area (Å²) in [5.41, 5.74) is 4.00. The summed E-state index contributed by atoms with van der Waals surface area (Å²) in [6.45, 7) is 1.40. The molecule has 4 N–H and O–H groups in total. The molecule has 0 spiro atoms. The van der Waals surface area contributed by atoms with Gasteiger partial charge in [-0.2, -0.15) is 13.2 Å². The number of hydrogen-bond acceptors (Lipinski definition) is 2.